The van der Waals surface area contributed by atoms with Gasteiger partial charge in [0, 0.05) is 13.2 Å². The maximum absolute atomic E-state index is 10.2. The second-order valence-electron chi connectivity index (χ2n) is 7.36. The highest BCUT2D eigenvalue weighted by atomic mass is 16.5. The van der Waals surface area contributed by atoms with Gasteiger partial charge in [-0.25, -0.2) is 0 Å². The lowest BCUT2D eigenvalue weighted by Crippen LogP contribution is -2.23. The van der Waals surface area contributed by atoms with Gasteiger partial charge in [-0.05, 0) is 72.9 Å². The number of methoxy groups -OCH3 is 4. The summed E-state index contributed by atoms with van der Waals surface area (Å²) < 4.78 is 21.5. The summed E-state index contributed by atoms with van der Waals surface area (Å²) in [5.41, 5.74) is 2.19. The normalized spacial score (nSPS) is 12.9. The van der Waals surface area contributed by atoms with Crippen LogP contribution < -0.4 is 18.9 Å². The molecule has 2 rings (SSSR count). The molecule has 166 valence electrons. The fourth-order valence-electron chi connectivity index (χ4n) is 3.86. The Hall–Kier alpha value is -2.44. The van der Waals surface area contributed by atoms with Crippen LogP contribution in [-0.4, -0.2) is 51.9 Å². The summed E-state index contributed by atoms with van der Waals surface area (Å²) in [7, 11) is 6.47. The van der Waals surface area contributed by atoms with Gasteiger partial charge in [-0.1, -0.05) is 12.1 Å². The van der Waals surface area contributed by atoms with E-state index in [0.29, 0.717) is 35.8 Å². The summed E-state index contributed by atoms with van der Waals surface area (Å²) in [5, 5.41) is 19.6. The van der Waals surface area contributed by atoms with E-state index in [1.165, 1.54) is 0 Å². The first-order valence-corrected chi connectivity index (χ1v) is 10.2. The molecule has 0 fully saturated rings. The molecule has 0 aliphatic heterocycles. The molecular formula is C24H34O6. The standard InChI is InChI=1S/C24H34O6/c1-27-21-9-7-17(14-23(21)29-3)12-19(6-5-11-25)20(16-26)13-18-8-10-22(28-2)24(15-18)30-4/h7-10,14-15,19-20,25-26H,5-6,11-13,16H2,1-4H3/t19-,20+/m0/s1. The zero-order valence-corrected chi connectivity index (χ0v) is 18.4. The average molecular weight is 419 g/mol. The number of hydrogen-bond acceptors (Lipinski definition) is 6. The minimum Gasteiger partial charge on any atom is -0.493 e. The molecule has 2 aromatic carbocycles. The maximum atomic E-state index is 10.2. The fraction of sp³-hybridized carbons (Fsp3) is 0.500. The van der Waals surface area contributed by atoms with Crippen molar-refractivity contribution < 1.29 is 29.2 Å². The predicted molar refractivity (Wildman–Crippen MR) is 117 cm³/mol. The van der Waals surface area contributed by atoms with Crippen LogP contribution in [0, 0.1) is 11.8 Å². The molecule has 0 aromatic heterocycles. The minimum atomic E-state index is 0.0442. The maximum Gasteiger partial charge on any atom is 0.160 e. The Balaban J connectivity index is 2.23. The number of benzene rings is 2. The Labute approximate surface area is 179 Å². The van der Waals surface area contributed by atoms with Crippen molar-refractivity contribution in [2.24, 2.45) is 11.8 Å². The van der Waals surface area contributed by atoms with Gasteiger partial charge in [-0.2, -0.15) is 0 Å². The molecule has 0 spiro atoms. The smallest absolute Gasteiger partial charge is 0.160 e. The Morgan fingerprint density at radius 1 is 0.667 bits per heavy atom. The van der Waals surface area contributed by atoms with Crippen molar-refractivity contribution in [2.75, 3.05) is 41.7 Å². The molecule has 0 unspecified atom stereocenters. The highest BCUT2D eigenvalue weighted by Crippen LogP contribution is 2.33. The summed E-state index contributed by atoms with van der Waals surface area (Å²) in [6.07, 6.45) is 3.00. The van der Waals surface area contributed by atoms with E-state index in [4.69, 9.17) is 18.9 Å². The Bertz CT molecular complexity index is 776. The van der Waals surface area contributed by atoms with Crippen molar-refractivity contribution in [2.45, 2.75) is 25.7 Å². The van der Waals surface area contributed by atoms with Gasteiger partial charge in [-0.3, -0.25) is 0 Å². The van der Waals surface area contributed by atoms with Crippen molar-refractivity contribution in [1.82, 2.24) is 0 Å². The third-order valence-electron chi connectivity index (χ3n) is 5.53. The minimum absolute atomic E-state index is 0.0442. The van der Waals surface area contributed by atoms with Crippen LogP contribution in [0.5, 0.6) is 23.0 Å². The van der Waals surface area contributed by atoms with E-state index in [1.807, 2.05) is 36.4 Å². The van der Waals surface area contributed by atoms with Gasteiger partial charge in [0.2, 0.25) is 0 Å². The van der Waals surface area contributed by atoms with Crippen LogP contribution in [0.25, 0.3) is 0 Å². The van der Waals surface area contributed by atoms with Gasteiger partial charge < -0.3 is 29.2 Å². The highest BCUT2D eigenvalue weighted by molar-refractivity contribution is 5.44. The monoisotopic (exact) mass is 418 g/mol. The van der Waals surface area contributed by atoms with Crippen LogP contribution in [0.15, 0.2) is 36.4 Å². The Morgan fingerprint density at radius 3 is 1.53 bits per heavy atom. The van der Waals surface area contributed by atoms with Crippen LogP contribution in [0.3, 0.4) is 0 Å². The van der Waals surface area contributed by atoms with Crippen molar-refractivity contribution in [3.63, 3.8) is 0 Å². The lowest BCUT2D eigenvalue weighted by atomic mass is 9.80. The quantitative estimate of drug-likeness (QED) is 0.518. The van der Waals surface area contributed by atoms with E-state index >= 15 is 0 Å². The van der Waals surface area contributed by atoms with E-state index < -0.39 is 0 Å². The van der Waals surface area contributed by atoms with Crippen molar-refractivity contribution in [3.8, 4) is 23.0 Å². The molecule has 2 aromatic rings. The second-order valence-corrected chi connectivity index (χ2v) is 7.36. The molecule has 0 heterocycles. The zero-order valence-electron chi connectivity index (χ0n) is 18.4. The van der Waals surface area contributed by atoms with Crippen LogP contribution in [0.4, 0.5) is 0 Å². The van der Waals surface area contributed by atoms with Crippen molar-refractivity contribution in [3.05, 3.63) is 47.5 Å². The number of rotatable bonds is 13. The average Bonchev–Trinajstić information content (AvgIpc) is 2.79. The molecule has 0 amide bonds. The molecule has 0 aliphatic rings. The van der Waals surface area contributed by atoms with Gasteiger partial charge in [-0.15, -0.1) is 0 Å². The first-order valence-electron chi connectivity index (χ1n) is 10.2. The molecule has 0 saturated carbocycles. The Morgan fingerprint density at radius 2 is 1.13 bits per heavy atom. The summed E-state index contributed by atoms with van der Waals surface area (Å²) in [6.45, 7) is 0.203. The molecule has 0 saturated heterocycles. The van der Waals surface area contributed by atoms with E-state index in [2.05, 4.69) is 0 Å². The van der Waals surface area contributed by atoms with E-state index in [9.17, 15) is 10.2 Å². The Kier molecular flexibility index (Phi) is 9.77. The van der Waals surface area contributed by atoms with E-state index in [0.717, 1.165) is 24.0 Å². The molecular weight excluding hydrogens is 384 g/mol. The number of aliphatic hydroxyl groups excluding tert-OH is 2. The molecule has 6 nitrogen and oxygen atoms in total. The van der Waals surface area contributed by atoms with E-state index in [-0.39, 0.29) is 25.0 Å². The van der Waals surface area contributed by atoms with Crippen LogP contribution in [0.1, 0.15) is 24.0 Å². The molecule has 2 N–H and O–H groups in total. The summed E-state index contributed by atoms with van der Waals surface area (Å²) in [6, 6.07) is 11.8. The lowest BCUT2D eigenvalue weighted by molar-refractivity contribution is 0.158. The van der Waals surface area contributed by atoms with E-state index in [1.54, 1.807) is 28.4 Å². The SMILES string of the molecule is COc1ccc(C[C@H](CO)[C@@H](CCCO)Cc2ccc(OC)c(OC)c2)cc1OC. The summed E-state index contributed by atoms with van der Waals surface area (Å²) in [4.78, 5) is 0. The van der Waals surface area contributed by atoms with Gasteiger partial charge in [0.05, 0.1) is 28.4 Å². The van der Waals surface area contributed by atoms with Crippen molar-refractivity contribution >= 4 is 0 Å². The number of ether oxygens (including phenoxy) is 4. The van der Waals surface area contributed by atoms with Crippen molar-refractivity contribution in [1.29, 1.82) is 0 Å². The van der Waals surface area contributed by atoms with Gasteiger partial charge >= 0.3 is 0 Å². The molecule has 30 heavy (non-hydrogen) atoms. The molecule has 0 bridgehead atoms. The topological polar surface area (TPSA) is 77.4 Å². The summed E-state index contributed by atoms with van der Waals surface area (Å²) >= 11 is 0. The highest BCUT2D eigenvalue weighted by Gasteiger charge is 2.23. The van der Waals surface area contributed by atoms with Gasteiger partial charge in [0.25, 0.3) is 0 Å². The third kappa shape index (κ3) is 6.28. The number of hydrogen-bond donors (Lipinski definition) is 2. The molecule has 0 radical (unpaired) electrons. The second kappa shape index (κ2) is 12.3. The predicted octanol–water partition coefficient (Wildman–Crippen LogP) is 3.50. The first kappa shape index (κ1) is 23.8. The van der Waals surface area contributed by atoms with Gasteiger partial charge in [0.1, 0.15) is 0 Å². The van der Waals surface area contributed by atoms with Crippen LogP contribution in [0.2, 0.25) is 0 Å². The molecule has 0 aliphatic carbocycles. The van der Waals surface area contributed by atoms with Crippen LogP contribution >= 0.6 is 0 Å². The first-order chi connectivity index (χ1) is 14.6. The molecule has 2 atom stereocenters. The molecule has 6 heteroatoms. The fourth-order valence-corrected chi connectivity index (χ4v) is 3.86. The number of aliphatic hydroxyl groups is 2. The van der Waals surface area contributed by atoms with Crippen LogP contribution in [-0.2, 0) is 12.8 Å². The largest absolute Gasteiger partial charge is 0.493 e. The van der Waals surface area contributed by atoms with Gasteiger partial charge in [0.15, 0.2) is 23.0 Å². The summed E-state index contributed by atoms with van der Waals surface area (Å²) in [5.74, 6) is 2.99. The zero-order chi connectivity index (χ0) is 21.9. The third-order valence-corrected chi connectivity index (χ3v) is 5.53. The lowest BCUT2D eigenvalue weighted by Gasteiger charge is -2.26.